The molecule has 0 spiro atoms. The highest BCUT2D eigenvalue weighted by Gasteiger charge is 2.25. The van der Waals surface area contributed by atoms with Crippen LogP contribution in [0.3, 0.4) is 0 Å². The Morgan fingerprint density at radius 3 is 2.60 bits per heavy atom. The summed E-state index contributed by atoms with van der Waals surface area (Å²) in [6, 6.07) is 1.55. The van der Waals surface area contributed by atoms with E-state index in [1.807, 2.05) is 0 Å². The summed E-state index contributed by atoms with van der Waals surface area (Å²) in [6.45, 7) is 3.21. The third-order valence-corrected chi connectivity index (χ3v) is 1.87. The summed E-state index contributed by atoms with van der Waals surface area (Å²) in [5.41, 5.74) is 0.388. The van der Waals surface area contributed by atoms with Crippen LogP contribution >= 0.6 is 0 Å². The maximum absolute atomic E-state index is 11.3. The minimum atomic E-state index is -0.798. The standard InChI is InChI=1S/C9H10N2O4/c1-5-4-6(2)10-7(9(12)15-3)8(5)11(13)14/h4H,1-3H3. The Hall–Kier alpha value is -1.98. The molecule has 1 rings (SSSR count). The molecular formula is C9H10N2O4. The molecule has 1 aromatic heterocycles. The van der Waals surface area contributed by atoms with Gasteiger partial charge in [0.1, 0.15) is 0 Å². The summed E-state index contributed by atoms with van der Waals surface area (Å²) in [5.74, 6) is -0.798. The van der Waals surface area contributed by atoms with Crippen LogP contribution in [0.1, 0.15) is 21.7 Å². The minimum Gasteiger partial charge on any atom is -0.464 e. The Bertz CT molecular complexity index is 428. The number of esters is 1. The van der Waals surface area contributed by atoms with Crippen molar-refractivity contribution in [1.29, 1.82) is 0 Å². The van der Waals surface area contributed by atoms with Gasteiger partial charge in [0, 0.05) is 11.3 Å². The molecule has 0 bridgehead atoms. The molecule has 0 aliphatic rings. The minimum absolute atomic E-state index is 0.250. The van der Waals surface area contributed by atoms with E-state index in [-0.39, 0.29) is 11.4 Å². The van der Waals surface area contributed by atoms with Crippen LogP contribution in [0.2, 0.25) is 0 Å². The van der Waals surface area contributed by atoms with Crippen molar-refractivity contribution in [3.05, 3.63) is 33.1 Å². The SMILES string of the molecule is COC(=O)c1nc(C)cc(C)c1[N+](=O)[O-]. The van der Waals surface area contributed by atoms with Gasteiger partial charge in [-0.05, 0) is 19.9 Å². The summed E-state index contributed by atoms with van der Waals surface area (Å²) in [4.78, 5) is 25.2. The summed E-state index contributed by atoms with van der Waals surface area (Å²) in [6.07, 6.45) is 0. The Balaban J connectivity index is 3.46. The van der Waals surface area contributed by atoms with Gasteiger partial charge in [-0.1, -0.05) is 0 Å². The van der Waals surface area contributed by atoms with Crippen LogP contribution < -0.4 is 0 Å². The average Bonchev–Trinajstić information content (AvgIpc) is 2.14. The van der Waals surface area contributed by atoms with E-state index in [4.69, 9.17) is 0 Å². The zero-order valence-electron chi connectivity index (χ0n) is 8.60. The van der Waals surface area contributed by atoms with Crippen molar-refractivity contribution in [2.75, 3.05) is 7.11 Å². The summed E-state index contributed by atoms with van der Waals surface area (Å²) in [5, 5.41) is 10.7. The molecule has 1 aromatic rings. The van der Waals surface area contributed by atoms with Gasteiger partial charge in [-0.3, -0.25) is 10.1 Å². The van der Waals surface area contributed by atoms with E-state index >= 15 is 0 Å². The number of pyridine rings is 1. The van der Waals surface area contributed by atoms with E-state index in [1.165, 1.54) is 0 Å². The molecule has 15 heavy (non-hydrogen) atoms. The number of ether oxygens (including phenoxy) is 1. The lowest BCUT2D eigenvalue weighted by Gasteiger charge is -2.04. The molecule has 0 saturated heterocycles. The van der Waals surface area contributed by atoms with Gasteiger partial charge in [-0.15, -0.1) is 0 Å². The van der Waals surface area contributed by atoms with Crippen LogP contribution in [0, 0.1) is 24.0 Å². The topological polar surface area (TPSA) is 82.3 Å². The first kappa shape index (κ1) is 11.1. The summed E-state index contributed by atoms with van der Waals surface area (Å²) < 4.78 is 4.43. The van der Waals surface area contributed by atoms with E-state index < -0.39 is 10.9 Å². The van der Waals surface area contributed by atoms with Crippen LogP contribution in [0.5, 0.6) is 0 Å². The van der Waals surface area contributed by atoms with Crippen LogP contribution in [-0.4, -0.2) is 23.0 Å². The number of hydrogen-bond acceptors (Lipinski definition) is 5. The van der Waals surface area contributed by atoms with Crippen molar-refractivity contribution in [3.63, 3.8) is 0 Å². The second kappa shape index (κ2) is 4.04. The zero-order chi connectivity index (χ0) is 11.6. The fourth-order valence-corrected chi connectivity index (χ4v) is 1.30. The zero-order valence-corrected chi connectivity index (χ0v) is 8.60. The number of nitrogens with zero attached hydrogens (tertiary/aromatic N) is 2. The third-order valence-electron chi connectivity index (χ3n) is 1.87. The first-order valence-electron chi connectivity index (χ1n) is 4.18. The van der Waals surface area contributed by atoms with Gasteiger partial charge in [-0.2, -0.15) is 0 Å². The molecule has 0 aromatic carbocycles. The molecule has 6 nitrogen and oxygen atoms in total. The molecule has 0 fully saturated rings. The number of hydrogen-bond donors (Lipinski definition) is 0. The number of aromatic nitrogens is 1. The number of carbonyl (C=O) groups excluding carboxylic acids is 1. The second-order valence-corrected chi connectivity index (χ2v) is 3.03. The van der Waals surface area contributed by atoms with E-state index in [2.05, 4.69) is 9.72 Å². The molecule has 6 heteroatoms. The number of aryl methyl sites for hydroxylation is 2. The molecule has 0 aliphatic heterocycles. The first-order valence-corrected chi connectivity index (χ1v) is 4.18. The van der Waals surface area contributed by atoms with Crippen LogP contribution in [0.15, 0.2) is 6.07 Å². The molecule has 0 unspecified atom stereocenters. The van der Waals surface area contributed by atoms with Crippen molar-refractivity contribution >= 4 is 11.7 Å². The lowest BCUT2D eigenvalue weighted by molar-refractivity contribution is -0.386. The van der Waals surface area contributed by atoms with Crippen LogP contribution in [0.25, 0.3) is 0 Å². The molecule has 0 aliphatic carbocycles. The molecule has 0 saturated carbocycles. The van der Waals surface area contributed by atoms with Gasteiger partial charge in [-0.25, -0.2) is 9.78 Å². The quantitative estimate of drug-likeness (QED) is 0.418. The van der Waals surface area contributed by atoms with Crippen LogP contribution in [-0.2, 0) is 4.74 Å². The van der Waals surface area contributed by atoms with Gasteiger partial charge >= 0.3 is 11.7 Å². The smallest absolute Gasteiger partial charge is 0.363 e. The molecular weight excluding hydrogens is 200 g/mol. The largest absolute Gasteiger partial charge is 0.464 e. The Morgan fingerprint density at radius 1 is 1.53 bits per heavy atom. The number of carbonyl (C=O) groups is 1. The highest BCUT2D eigenvalue weighted by atomic mass is 16.6. The fourth-order valence-electron chi connectivity index (χ4n) is 1.30. The van der Waals surface area contributed by atoms with Crippen LogP contribution in [0.4, 0.5) is 5.69 Å². The number of rotatable bonds is 2. The predicted octanol–water partition coefficient (Wildman–Crippen LogP) is 1.39. The Kier molecular flexibility index (Phi) is 2.99. The highest BCUT2D eigenvalue weighted by Crippen LogP contribution is 2.22. The lowest BCUT2D eigenvalue weighted by atomic mass is 10.1. The van der Waals surface area contributed by atoms with Crippen molar-refractivity contribution in [1.82, 2.24) is 4.98 Å². The van der Waals surface area contributed by atoms with Crippen molar-refractivity contribution in [3.8, 4) is 0 Å². The van der Waals surface area contributed by atoms with Crippen molar-refractivity contribution in [2.45, 2.75) is 13.8 Å². The van der Waals surface area contributed by atoms with E-state index in [0.717, 1.165) is 7.11 Å². The number of methoxy groups -OCH3 is 1. The summed E-state index contributed by atoms with van der Waals surface area (Å²) in [7, 11) is 1.16. The Morgan fingerprint density at radius 2 is 2.13 bits per heavy atom. The molecule has 80 valence electrons. The predicted molar refractivity (Wildman–Crippen MR) is 51.7 cm³/mol. The molecule has 0 atom stereocenters. The van der Waals surface area contributed by atoms with Crippen molar-refractivity contribution < 1.29 is 14.5 Å². The van der Waals surface area contributed by atoms with Gasteiger partial charge < -0.3 is 4.74 Å². The van der Waals surface area contributed by atoms with E-state index in [0.29, 0.717) is 11.3 Å². The van der Waals surface area contributed by atoms with Gasteiger partial charge in [0.05, 0.1) is 12.0 Å². The fraction of sp³-hybridized carbons (Fsp3) is 0.333. The van der Waals surface area contributed by atoms with E-state index in [9.17, 15) is 14.9 Å². The summed E-state index contributed by atoms with van der Waals surface area (Å²) >= 11 is 0. The lowest BCUT2D eigenvalue weighted by Crippen LogP contribution is -2.10. The molecule has 1 heterocycles. The average molecular weight is 210 g/mol. The molecule has 0 amide bonds. The maximum atomic E-state index is 11.3. The van der Waals surface area contributed by atoms with Gasteiger partial charge in [0.2, 0.25) is 5.69 Å². The Labute approximate surface area is 86.0 Å². The number of nitro groups is 1. The monoisotopic (exact) mass is 210 g/mol. The second-order valence-electron chi connectivity index (χ2n) is 3.03. The van der Waals surface area contributed by atoms with E-state index in [1.54, 1.807) is 19.9 Å². The van der Waals surface area contributed by atoms with Gasteiger partial charge in [0.25, 0.3) is 0 Å². The van der Waals surface area contributed by atoms with Crippen molar-refractivity contribution in [2.24, 2.45) is 0 Å². The first-order chi connectivity index (χ1) is 6.97. The third kappa shape index (κ3) is 2.09. The maximum Gasteiger partial charge on any atom is 0.363 e. The molecule has 0 N–H and O–H groups in total. The van der Waals surface area contributed by atoms with Gasteiger partial charge in [0.15, 0.2) is 0 Å². The highest BCUT2D eigenvalue weighted by molar-refractivity contribution is 5.92. The molecule has 0 radical (unpaired) electrons. The normalized spacial score (nSPS) is 9.80.